The zero-order valence-corrected chi connectivity index (χ0v) is 14.0. The molecule has 0 fully saturated rings. The molecule has 0 bridgehead atoms. The maximum Gasteiger partial charge on any atom is 0.179 e. The van der Waals surface area contributed by atoms with Crippen LogP contribution in [-0.2, 0) is 11.3 Å². The van der Waals surface area contributed by atoms with Crippen LogP contribution in [0.5, 0.6) is 11.5 Å². The Balaban J connectivity index is 2.68. The van der Waals surface area contributed by atoms with E-state index in [1.54, 1.807) is 7.11 Å². The Kier molecular flexibility index (Phi) is 9.22. The third-order valence-electron chi connectivity index (χ3n) is 2.85. The van der Waals surface area contributed by atoms with Gasteiger partial charge in [-0.2, -0.15) is 0 Å². The molecule has 0 aromatic heterocycles. The molecule has 1 rings (SSSR count). The third-order valence-corrected chi connectivity index (χ3v) is 3.13. The van der Waals surface area contributed by atoms with E-state index in [2.05, 4.69) is 12.2 Å². The van der Waals surface area contributed by atoms with Gasteiger partial charge in [0.1, 0.15) is 0 Å². The molecule has 5 heteroatoms. The number of hydrogen-bond acceptors (Lipinski definition) is 4. The van der Waals surface area contributed by atoms with Crippen molar-refractivity contribution in [1.82, 2.24) is 5.32 Å². The van der Waals surface area contributed by atoms with Crippen LogP contribution >= 0.6 is 11.6 Å². The fourth-order valence-corrected chi connectivity index (χ4v) is 2.19. The van der Waals surface area contributed by atoms with Gasteiger partial charge in [0.05, 0.1) is 18.2 Å². The number of halogens is 1. The summed E-state index contributed by atoms with van der Waals surface area (Å²) in [7, 11) is 1.71. The normalized spacial score (nSPS) is 10.7. The van der Waals surface area contributed by atoms with Crippen molar-refractivity contribution in [3.05, 3.63) is 22.7 Å². The van der Waals surface area contributed by atoms with Crippen molar-refractivity contribution < 1.29 is 14.2 Å². The summed E-state index contributed by atoms with van der Waals surface area (Å²) < 4.78 is 16.4. The van der Waals surface area contributed by atoms with E-state index >= 15 is 0 Å². The zero-order chi connectivity index (χ0) is 15.5. The minimum absolute atomic E-state index is 0.587. The Morgan fingerprint density at radius 3 is 2.62 bits per heavy atom. The molecule has 0 aliphatic rings. The molecule has 120 valence electrons. The van der Waals surface area contributed by atoms with Crippen molar-refractivity contribution in [2.24, 2.45) is 0 Å². The Labute approximate surface area is 132 Å². The molecule has 1 N–H and O–H groups in total. The standard InChI is InChI=1S/C16H26ClNO3/c1-4-8-21-16-14(17)10-13(11-15(16)20-5-2)12-18-7-6-9-19-3/h10-11,18H,4-9,12H2,1-3H3. The van der Waals surface area contributed by atoms with Gasteiger partial charge in [-0.25, -0.2) is 0 Å². The zero-order valence-electron chi connectivity index (χ0n) is 13.2. The molecule has 0 amide bonds. The maximum atomic E-state index is 6.32. The van der Waals surface area contributed by atoms with E-state index < -0.39 is 0 Å². The number of nitrogens with one attached hydrogen (secondary N) is 1. The number of rotatable bonds is 11. The molecule has 1 aromatic carbocycles. The summed E-state index contributed by atoms with van der Waals surface area (Å²) in [6.45, 7) is 7.65. The Hall–Kier alpha value is -0.970. The molecule has 0 saturated heterocycles. The highest BCUT2D eigenvalue weighted by Gasteiger charge is 2.12. The Bertz CT molecular complexity index is 413. The first-order valence-corrected chi connectivity index (χ1v) is 7.88. The molecule has 0 aliphatic heterocycles. The molecule has 0 heterocycles. The lowest BCUT2D eigenvalue weighted by molar-refractivity contribution is 0.194. The number of methoxy groups -OCH3 is 1. The van der Waals surface area contributed by atoms with Crippen LogP contribution in [0.3, 0.4) is 0 Å². The van der Waals surface area contributed by atoms with Gasteiger partial charge in [-0.1, -0.05) is 18.5 Å². The summed E-state index contributed by atoms with van der Waals surface area (Å²) >= 11 is 6.32. The molecule has 1 aromatic rings. The van der Waals surface area contributed by atoms with Gasteiger partial charge in [0.2, 0.25) is 0 Å². The predicted molar refractivity (Wildman–Crippen MR) is 86.6 cm³/mol. The van der Waals surface area contributed by atoms with Crippen LogP contribution < -0.4 is 14.8 Å². The first-order valence-electron chi connectivity index (χ1n) is 7.50. The Morgan fingerprint density at radius 2 is 1.95 bits per heavy atom. The van der Waals surface area contributed by atoms with E-state index in [1.165, 1.54) is 0 Å². The first-order chi connectivity index (χ1) is 10.2. The predicted octanol–water partition coefficient (Wildman–Crippen LogP) is 3.65. The van der Waals surface area contributed by atoms with Crippen molar-refractivity contribution in [1.29, 1.82) is 0 Å². The summed E-state index contributed by atoms with van der Waals surface area (Å²) in [4.78, 5) is 0. The molecular formula is C16H26ClNO3. The van der Waals surface area contributed by atoms with Crippen molar-refractivity contribution in [2.75, 3.05) is 33.5 Å². The highest BCUT2D eigenvalue weighted by Crippen LogP contribution is 2.36. The maximum absolute atomic E-state index is 6.32. The molecule has 0 spiro atoms. The molecule has 0 radical (unpaired) electrons. The van der Waals surface area contributed by atoms with E-state index in [0.29, 0.717) is 29.7 Å². The highest BCUT2D eigenvalue weighted by molar-refractivity contribution is 6.32. The largest absolute Gasteiger partial charge is 0.490 e. The van der Waals surface area contributed by atoms with Gasteiger partial charge in [0, 0.05) is 20.3 Å². The van der Waals surface area contributed by atoms with Gasteiger partial charge in [-0.05, 0) is 44.0 Å². The SMILES string of the molecule is CCCOc1c(Cl)cc(CNCCCOC)cc1OCC. The summed E-state index contributed by atoms with van der Waals surface area (Å²) in [6.07, 6.45) is 1.92. The van der Waals surface area contributed by atoms with E-state index in [0.717, 1.165) is 38.1 Å². The van der Waals surface area contributed by atoms with Crippen LogP contribution in [0.4, 0.5) is 0 Å². The van der Waals surface area contributed by atoms with Crippen molar-refractivity contribution >= 4 is 11.6 Å². The van der Waals surface area contributed by atoms with Gasteiger partial charge >= 0.3 is 0 Å². The summed E-state index contributed by atoms with van der Waals surface area (Å²) in [5.74, 6) is 1.36. The van der Waals surface area contributed by atoms with Crippen LogP contribution in [0.25, 0.3) is 0 Å². The molecular weight excluding hydrogens is 290 g/mol. The van der Waals surface area contributed by atoms with Crippen molar-refractivity contribution in [3.63, 3.8) is 0 Å². The minimum atomic E-state index is 0.587. The third kappa shape index (κ3) is 6.55. The Morgan fingerprint density at radius 1 is 1.14 bits per heavy atom. The van der Waals surface area contributed by atoms with Gasteiger partial charge < -0.3 is 19.5 Å². The second kappa shape index (κ2) is 10.7. The monoisotopic (exact) mass is 315 g/mol. The lowest BCUT2D eigenvalue weighted by Crippen LogP contribution is -2.16. The second-order valence-electron chi connectivity index (χ2n) is 4.71. The van der Waals surface area contributed by atoms with Gasteiger partial charge in [0.15, 0.2) is 11.5 Å². The van der Waals surface area contributed by atoms with E-state index in [4.69, 9.17) is 25.8 Å². The molecule has 0 atom stereocenters. The average molecular weight is 316 g/mol. The smallest absolute Gasteiger partial charge is 0.179 e. The first kappa shape index (κ1) is 18.1. The van der Waals surface area contributed by atoms with Crippen LogP contribution in [0.15, 0.2) is 12.1 Å². The fourth-order valence-electron chi connectivity index (χ4n) is 1.90. The van der Waals surface area contributed by atoms with Gasteiger partial charge in [0.25, 0.3) is 0 Å². The van der Waals surface area contributed by atoms with Gasteiger partial charge in [-0.15, -0.1) is 0 Å². The molecule has 21 heavy (non-hydrogen) atoms. The average Bonchev–Trinajstić information content (AvgIpc) is 2.46. The summed E-state index contributed by atoms with van der Waals surface area (Å²) in [5, 5.41) is 3.96. The summed E-state index contributed by atoms with van der Waals surface area (Å²) in [5.41, 5.74) is 1.09. The van der Waals surface area contributed by atoms with E-state index in [-0.39, 0.29) is 0 Å². The highest BCUT2D eigenvalue weighted by atomic mass is 35.5. The molecule has 0 unspecified atom stereocenters. The van der Waals surface area contributed by atoms with Crippen LogP contribution in [-0.4, -0.2) is 33.5 Å². The van der Waals surface area contributed by atoms with E-state index in [9.17, 15) is 0 Å². The lowest BCUT2D eigenvalue weighted by atomic mass is 10.2. The summed E-state index contributed by atoms with van der Waals surface area (Å²) in [6, 6.07) is 3.92. The molecule has 0 saturated carbocycles. The van der Waals surface area contributed by atoms with Crippen LogP contribution in [0, 0.1) is 0 Å². The van der Waals surface area contributed by atoms with Crippen molar-refractivity contribution in [3.8, 4) is 11.5 Å². The van der Waals surface area contributed by atoms with Crippen LogP contribution in [0.1, 0.15) is 32.3 Å². The fraction of sp³-hybridized carbons (Fsp3) is 0.625. The second-order valence-corrected chi connectivity index (χ2v) is 5.12. The van der Waals surface area contributed by atoms with Crippen molar-refractivity contribution in [2.45, 2.75) is 33.2 Å². The number of hydrogen-bond donors (Lipinski definition) is 1. The molecule has 4 nitrogen and oxygen atoms in total. The van der Waals surface area contributed by atoms with Gasteiger partial charge in [-0.3, -0.25) is 0 Å². The molecule has 0 aliphatic carbocycles. The topological polar surface area (TPSA) is 39.7 Å². The number of ether oxygens (including phenoxy) is 3. The quantitative estimate of drug-likeness (QED) is 0.633. The van der Waals surface area contributed by atoms with Crippen LogP contribution in [0.2, 0.25) is 5.02 Å². The van der Waals surface area contributed by atoms with E-state index in [1.807, 2.05) is 19.1 Å². The minimum Gasteiger partial charge on any atom is -0.490 e. The lowest BCUT2D eigenvalue weighted by Gasteiger charge is -2.15. The number of benzene rings is 1.